The van der Waals surface area contributed by atoms with Gasteiger partial charge in [0.1, 0.15) is 0 Å². The van der Waals surface area contributed by atoms with Crippen molar-refractivity contribution in [3.8, 4) is 0 Å². The van der Waals surface area contributed by atoms with Crippen LogP contribution in [0.4, 0.5) is 11.4 Å². The third kappa shape index (κ3) is 8.14. The van der Waals surface area contributed by atoms with Gasteiger partial charge in [0.15, 0.2) is 0 Å². The van der Waals surface area contributed by atoms with E-state index in [1.54, 1.807) is 0 Å². The zero-order chi connectivity index (χ0) is 16.5. The molecule has 2 aromatic carbocycles. The standard InChI is InChI=1S/C19H25N3O.2ClH/c1-22(17-9-3-2-4-10-17)15-7-14-21-19(23)13-12-16-8-5-6-11-18(16)20;;/h2-6,8-11H,7,12-15,20H2,1H3,(H,21,23);2*1H. The van der Waals surface area contributed by atoms with Gasteiger partial charge in [0.05, 0.1) is 0 Å². The van der Waals surface area contributed by atoms with Gasteiger partial charge in [-0.05, 0) is 36.6 Å². The molecular weight excluding hydrogens is 357 g/mol. The normalized spacial score (nSPS) is 9.48. The number of nitrogens with one attached hydrogen (secondary N) is 1. The molecule has 2 aromatic rings. The molecule has 0 unspecified atom stereocenters. The van der Waals surface area contributed by atoms with Crippen LogP contribution < -0.4 is 16.0 Å². The van der Waals surface area contributed by atoms with E-state index in [0.29, 0.717) is 19.4 Å². The maximum atomic E-state index is 11.9. The predicted molar refractivity (Wildman–Crippen MR) is 111 cm³/mol. The van der Waals surface area contributed by atoms with Gasteiger partial charge in [-0.25, -0.2) is 0 Å². The fraction of sp³-hybridized carbons (Fsp3) is 0.316. The highest BCUT2D eigenvalue weighted by Crippen LogP contribution is 2.12. The number of halogens is 2. The minimum Gasteiger partial charge on any atom is -0.399 e. The second-order valence-electron chi connectivity index (χ2n) is 5.66. The van der Waals surface area contributed by atoms with E-state index in [-0.39, 0.29) is 30.7 Å². The van der Waals surface area contributed by atoms with E-state index >= 15 is 0 Å². The number of nitrogens with two attached hydrogens (primary N) is 1. The van der Waals surface area contributed by atoms with Gasteiger partial charge in [-0.15, -0.1) is 24.8 Å². The number of para-hydroxylation sites is 2. The summed E-state index contributed by atoms with van der Waals surface area (Å²) < 4.78 is 0. The summed E-state index contributed by atoms with van der Waals surface area (Å²) in [5, 5.41) is 2.97. The van der Waals surface area contributed by atoms with Crippen LogP contribution in [0.3, 0.4) is 0 Å². The highest BCUT2D eigenvalue weighted by atomic mass is 35.5. The highest BCUT2D eigenvalue weighted by molar-refractivity contribution is 5.85. The van der Waals surface area contributed by atoms with Gasteiger partial charge >= 0.3 is 0 Å². The first kappa shape index (κ1) is 23.1. The largest absolute Gasteiger partial charge is 0.399 e. The number of carbonyl (C=O) groups excluding carboxylic acids is 1. The van der Waals surface area contributed by atoms with E-state index in [1.807, 2.05) is 42.5 Å². The van der Waals surface area contributed by atoms with Crippen LogP contribution >= 0.6 is 24.8 Å². The summed E-state index contributed by atoms with van der Waals surface area (Å²) >= 11 is 0. The molecule has 0 spiro atoms. The van der Waals surface area contributed by atoms with Gasteiger partial charge in [0, 0.05) is 37.9 Å². The molecule has 2 rings (SSSR count). The fourth-order valence-corrected chi connectivity index (χ4v) is 2.45. The molecule has 0 aromatic heterocycles. The van der Waals surface area contributed by atoms with Crippen LogP contribution in [-0.4, -0.2) is 26.0 Å². The van der Waals surface area contributed by atoms with E-state index in [0.717, 1.165) is 24.2 Å². The number of anilines is 2. The summed E-state index contributed by atoms with van der Waals surface area (Å²) in [5.74, 6) is 0.0793. The Balaban J connectivity index is 0.00000288. The molecule has 0 heterocycles. The van der Waals surface area contributed by atoms with Crippen molar-refractivity contribution in [2.75, 3.05) is 30.8 Å². The van der Waals surface area contributed by atoms with Crippen LogP contribution in [0, 0.1) is 0 Å². The Morgan fingerprint density at radius 2 is 1.68 bits per heavy atom. The number of amides is 1. The van der Waals surface area contributed by atoms with Gasteiger partial charge < -0.3 is 16.0 Å². The van der Waals surface area contributed by atoms with Gasteiger partial charge in [-0.2, -0.15) is 0 Å². The minimum absolute atomic E-state index is 0. The molecule has 6 heteroatoms. The number of nitrogen functional groups attached to an aromatic ring is 1. The van der Waals surface area contributed by atoms with Crippen molar-refractivity contribution >= 4 is 42.1 Å². The number of nitrogens with zero attached hydrogens (tertiary/aromatic N) is 1. The zero-order valence-electron chi connectivity index (χ0n) is 14.5. The van der Waals surface area contributed by atoms with Gasteiger partial charge in [-0.3, -0.25) is 4.79 Å². The lowest BCUT2D eigenvalue weighted by Gasteiger charge is -2.19. The molecule has 0 aliphatic heterocycles. The average molecular weight is 384 g/mol. The van der Waals surface area contributed by atoms with Crippen molar-refractivity contribution in [1.82, 2.24) is 5.32 Å². The molecule has 25 heavy (non-hydrogen) atoms. The van der Waals surface area contributed by atoms with Crippen LogP contribution in [0.2, 0.25) is 0 Å². The molecule has 0 aliphatic carbocycles. The molecule has 4 nitrogen and oxygen atoms in total. The van der Waals surface area contributed by atoms with Crippen molar-refractivity contribution in [3.05, 3.63) is 60.2 Å². The van der Waals surface area contributed by atoms with E-state index in [4.69, 9.17) is 5.73 Å². The Labute approximate surface area is 162 Å². The summed E-state index contributed by atoms with van der Waals surface area (Å²) in [5.41, 5.74) is 8.86. The quantitative estimate of drug-likeness (QED) is 0.539. The second-order valence-corrected chi connectivity index (χ2v) is 5.66. The first-order valence-corrected chi connectivity index (χ1v) is 8.03. The lowest BCUT2D eigenvalue weighted by Crippen LogP contribution is -2.28. The van der Waals surface area contributed by atoms with Crippen molar-refractivity contribution in [3.63, 3.8) is 0 Å². The maximum Gasteiger partial charge on any atom is 0.220 e. The van der Waals surface area contributed by atoms with Gasteiger partial charge in [0.25, 0.3) is 0 Å². The zero-order valence-corrected chi connectivity index (χ0v) is 16.1. The molecular formula is C19H27Cl2N3O. The Hall–Kier alpha value is -1.91. The summed E-state index contributed by atoms with van der Waals surface area (Å²) in [7, 11) is 2.06. The topological polar surface area (TPSA) is 58.4 Å². The Morgan fingerprint density at radius 3 is 2.36 bits per heavy atom. The van der Waals surface area contributed by atoms with Gasteiger partial charge in [-0.1, -0.05) is 36.4 Å². The number of benzene rings is 2. The number of hydrogen-bond acceptors (Lipinski definition) is 3. The van der Waals surface area contributed by atoms with Crippen LogP contribution in [0.25, 0.3) is 0 Å². The Bertz CT molecular complexity index is 623. The first-order chi connectivity index (χ1) is 11.2. The van der Waals surface area contributed by atoms with E-state index in [2.05, 4.69) is 29.4 Å². The molecule has 1 amide bonds. The van der Waals surface area contributed by atoms with E-state index < -0.39 is 0 Å². The minimum atomic E-state index is 0. The average Bonchev–Trinajstić information content (AvgIpc) is 2.58. The lowest BCUT2D eigenvalue weighted by molar-refractivity contribution is -0.121. The van der Waals surface area contributed by atoms with Gasteiger partial charge in [0.2, 0.25) is 5.91 Å². The number of carbonyl (C=O) groups is 1. The van der Waals surface area contributed by atoms with Crippen molar-refractivity contribution in [2.24, 2.45) is 0 Å². The van der Waals surface area contributed by atoms with E-state index in [9.17, 15) is 4.79 Å². The molecule has 0 saturated carbocycles. The van der Waals surface area contributed by atoms with Crippen LogP contribution in [0.5, 0.6) is 0 Å². The highest BCUT2D eigenvalue weighted by Gasteiger charge is 2.04. The SMILES string of the molecule is CN(CCCNC(=O)CCc1ccccc1N)c1ccccc1.Cl.Cl. The molecule has 0 radical (unpaired) electrons. The summed E-state index contributed by atoms with van der Waals surface area (Å²) in [4.78, 5) is 14.1. The van der Waals surface area contributed by atoms with Crippen molar-refractivity contribution in [1.29, 1.82) is 0 Å². The predicted octanol–water partition coefficient (Wildman–Crippen LogP) is 3.69. The molecule has 0 fully saturated rings. The van der Waals surface area contributed by atoms with Crippen molar-refractivity contribution in [2.45, 2.75) is 19.3 Å². The molecule has 0 aliphatic rings. The number of rotatable bonds is 8. The first-order valence-electron chi connectivity index (χ1n) is 8.03. The van der Waals surface area contributed by atoms with E-state index in [1.165, 1.54) is 5.69 Å². The third-order valence-electron chi connectivity index (χ3n) is 3.87. The molecule has 3 N–H and O–H groups in total. The van der Waals surface area contributed by atoms with Crippen molar-refractivity contribution < 1.29 is 4.79 Å². The third-order valence-corrected chi connectivity index (χ3v) is 3.87. The summed E-state index contributed by atoms with van der Waals surface area (Å²) in [6.07, 6.45) is 2.08. The fourth-order valence-electron chi connectivity index (χ4n) is 2.45. The maximum absolute atomic E-state index is 11.9. The Morgan fingerprint density at radius 1 is 1.04 bits per heavy atom. The number of hydrogen-bond donors (Lipinski definition) is 2. The lowest BCUT2D eigenvalue weighted by atomic mass is 10.1. The van der Waals surface area contributed by atoms with Crippen LogP contribution in [-0.2, 0) is 11.2 Å². The Kier molecular flexibility index (Phi) is 11.5. The number of aryl methyl sites for hydroxylation is 1. The summed E-state index contributed by atoms with van der Waals surface area (Å²) in [6.45, 7) is 1.61. The van der Waals surface area contributed by atoms with Crippen LogP contribution in [0.1, 0.15) is 18.4 Å². The second kappa shape index (κ2) is 12.5. The molecule has 0 saturated heterocycles. The smallest absolute Gasteiger partial charge is 0.220 e. The molecule has 138 valence electrons. The summed E-state index contributed by atoms with van der Waals surface area (Å²) in [6, 6.07) is 17.9. The molecule has 0 atom stereocenters. The molecule has 0 bridgehead atoms. The monoisotopic (exact) mass is 383 g/mol. The van der Waals surface area contributed by atoms with Crippen LogP contribution in [0.15, 0.2) is 54.6 Å².